The Labute approximate surface area is 165 Å². The maximum atomic E-state index is 12.6. The summed E-state index contributed by atoms with van der Waals surface area (Å²) in [4.78, 5) is 26.2. The summed E-state index contributed by atoms with van der Waals surface area (Å²) in [7, 11) is 1.65. The predicted molar refractivity (Wildman–Crippen MR) is 110 cm³/mol. The first kappa shape index (κ1) is 19.5. The molecule has 0 saturated carbocycles. The van der Waals surface area contributed by atoms with Crippen LogP contribution in [0.25, 0.3) is 11.1 Å². The van der Waals surface area contributed by atoms with Gasteiger partial charge in [0.2, 0.25) is 5.91 Å². The molecule has 0 aliphatic carbocycles. The quantitative estimate of drug-likeness (QED) is 0.830. The van der Waals surface area contributed by atoms with Crippen molar-refractivity contribution in [2.75, 3.05) is 25.5 Å². The lowest BCUT2D eigenvalue weighted by atomic mass is 9.97. The first-order valence-corrected chi connectivity index (χ1v) is 9.37. The van der Waals surface area contributed by atoms with Gasteiger partial charge in [0.1, 0.15) is 5.75 Å². The van der Waals surface area contributed by atoms with E-state index in [0.717, 1.165) is 35.4 Å². The molecule has 0 radical (unpaired) electrons. The third kappa shape index (κ3) is 4.72. The van der Waals surface area contributed by atoms with Gasteiger partial charge in [-0.1, -0.05) is 30.2 Å². The third-order valence-electron chi connectivity index (χ3n) is 4.87. The lowest BCUT2D eigenvalue weighted by Gasteiger charge is -2.30. The molecule has 1 saturated heterocycles. The largest absolute Gasteiger partial charge is 0.497 e. The van der Waals surface area contributed by atoms with Crippen LogP contribution in [0.4, 0.5) is 5.69 Å². The molecule has 1 aliphatic heterocycles. The number of ether oxygens (including phenoxy) is 1. The zero-order valence-corrected chi connectivity index (χ0v) is 16.2. The number of nitrogens with zero attached hydrogens (tertiary/aromatic N) is 1. The SMILES string of the molecule is CC#CC(=O)N1CCC[C@@H](C(=O)Nc2ccc(-c3cccc(OC)c3)cc2)C1. The van der Waals surface area contributed by atoms with Crippen molar-refractivity contribution in [3.05, 3.63) is 48.5 Å². The number of methoxy groups -OCH3 is 1. The molecule has 2 amide bonds. The van der Waals surface area contributed by atoms with Gasteiger partial charge in [0.15, 0.2) is 0 Å². The molecule has 5 nitrogen and oxygen atoms in total. The summed E-state index contributed by atoms with van der Waals surface area (Å²) in [6.07, 6.45) is 1.58. The van der Waals surface area contributed by atoms with E-state index in [1.807, 2.05) is 48.5 Å². The van der Waals surface area contributed by atoms with Crippen LogP contribution in [0.1, 0.15) is 19.8 Å². The van der Waals surface area contributed by atoms with Crippen LogP contribution in [0.2, 0.25) is 0 Å². The van der Waals surface area contributed by atoms with Crippen LogP contribution in [0.5, 0.6) is 5.75 Å². The van der Waals surface area contributed by atoms with Crippen molar-refractivity contribution in [1.82, 2.24) is 4.90 Å². The van der Waals surface area contributed by atoms with Crippen LogP contribution >= 0.6 is 0 Å². The van der Waals surface area contributed by atoms with E-state index in [1.165, 1.54) is 0 Å². The summed E-state index contributed by atoms with van der Waals surface area (Å²) < 4.78 is 5.27. The van der Waals surface area contributed by atoms with Crippen molar-refractivity contribution >= 4 is 17.5 Å². The van der Waals surface area contributed by atoms with Gasteiger partial charge >= 0.3 is 0 Å². The van der Waals surface area contributed by atoms with Crippen molar-refractivity contribution < 1.29 is 14.3 Å². The van der Waals surface area contributed by atoms with Crippen LogP contribution < -0.4 is 10.1 Å². The maximum Gasteiger partial charge on any atom is 0.298 e. The lowest BCUT2D eigenvalue weighted by Crippen LogP contribution is -2.43. The number of benzene rings is 2. The molecular formula is C23H24N2O3. The second-order valence-corrected chi connectivity index (χ2v) is 6.76. The fourth-order valence-corrected chi connectivity index (χ4v) is 3.35. The zero-order chi connectivity index (χ0) is 19.9. The van der Waals surface area contributed by atoms with Gasteiger partial charge < -0.3 is 15.0 Å². The van der Waals surface area contributed by atoms with Crippen LogP contribution in [0.15, 0.2) is 48.5 Å². The lowest BCUT2D eigenvalue weighted by molar-refractivity contribution is -0.129. The number of carbonyl (C=O) groups is 2. The highest BCUT2D eigenvalue weighted by Crippen LogP contribution is 2.25. The van der Waals surface area contributed by atoms with Crippen LogP contribution in [-0.2, 0) is 9.59 Å². The van der Waals surface area contributed by atoms with E-state index in [9.17, 15) is 9.59 Å². The summed E-state index contributed by atoms with van der Waals surface area (Å²) in [6.45, 7) is 2.72. The number of nitrogens with one attached hydrogen (secondary N) is 1. The van der Waals surface area contributed by atoms with E-state index in [1.54, 1.807) is 18.9 Å². The number of hydrogen-bond donors (Lipinski definition) is 1. The fourth-order valence-electron chi connectivity index (χ4n) is 3.35. The number of piperidine rings is 1. The van der Waals surface area contributed by atoms with Crippen molar-refractivity contribution in [2.24, 2.45) is 5.92 Å². The Morgan fingerprint density at radius 3 is 2.64 bits per heavy atom. The monoisotopic (exact) mass is 376 g/mol. The number of amides is 2. The molecule has 0 spiro atoms. The van der Waals surface area contributed by atoms with Crippen molar-refractivity contribution in [3.63, 3.8) is 0 Å². The molecule has 144 valence electrons. The molecule has 28 heavy (non-hydrogen) atoms. The Balaban J connectivity index is 1.64. The first-order chi connectivity index (χ1) is 13.6. The summed E-state index contributed by atoms with van der Waals surface area (Å²) in [5, 5.41) is 2.97. The van der Waals surface area contributed by atoms with Crippen molar-refractivity contribution in [2.45, 2.75) is 19.8 Å². The van der Waals surface area contributed by atoms with Gasteiger partial charge in [-0.25, -0.2) is 0 Å². The number of likely N-dealkylation sites (tertiary alicyclic amines) is 1. The van der Waals surface area contributed by atoms with E-state index in [2.05, 4.69) is 17.2 Å². The van der Waals surface area contributed by atoms with E-state index in [-0.39, 0.29) is 17.7 Å². The van der Waals surface area contributed by atoms with Gasteiger partial charge in [0.05, 0.1) is 13.0 Å². The molecule has 5 heteroatoms. The second kappa shape index (κ2) is 9.09. The highest BCUT2D eigenvalue weighted by atomic mass is 16.5. The molecule has 2 aromatic carbocycles. The minimum absolute atomic E-state index is 0.0592. The van der Waals surface area contributed by atoms with Gasteiger partial charge in [0, 0.05) is 18.8 Å². The summed E-state index contributed by atoms with van der Waals surface area (Å²) in [5.41, 5.74) is 2.84. The second-order valence-electron chi connectivity index (χ2n) is 6.76. The standard InChI is InChI=1S/C23H24N2O3/c1-3-6-22(26)25-14-5-8-19(16-25)23(27)24-20-12-10-17(11-13-20)18-7-4-9-21(15-18)28-2/h4,7,9-13,15,19H,5,8,14,16H2,1-2H3,(H,24,27)/t19-/m1/s1. The first-order valence-electron chi connectivity index (χ1n) is 9.37. The van der Waals surface area contributed by atoms with E-state index in [0.29, 0.717) is 13.1 Å². The zero-order valence-electron chi connectivity index (χ0n) is 16.2. The van der Waals surface area contributed by atoms with Gasteiger partial charge in [-0.15, -0.1) is 0 Å². The van der Waals surface area contributed by atoms with Gasteiger partial charge in [-0.3, -0.25) is 9.59 Å². The number of rotatable bonds is 4. The third-order valence-corrected chi connectivity index (χ3v) is 4.87. The Kier molecular flexibility index (Phi) is 6.33. The number of carbonyl (C=O) groups excluding carboxylic acids is 2. The Morgan fingerprint density at radius 2 is 1.93 bits per heavy atom. The molecule has 0 unspecified atom stereocenters. The van der Waals surface area contributed by atoms with E-state index in [4.69, 9.17) is 4.74 Å². The van der Waals surface area contributed by atoms with E-state index < -0.39 is 0 Å². The van der Waals surface area contributed by atoms with Gasteiger partial charge in [-0.2, -0.15) is 0 Å². The molecule has 1 atom stereocenters. The molecule has 0 bridgehead atoms. The van der Waals surface area contributed by atoms with Crippen LogP contribution in [-0.4, -0.2) is 36.9 Å². The molecular weight excluding hydrogens is 352 g/mol. The molecule has 0 aromatic heterocycles. The van der Waals surface area contributed by atoms with E-state index >= 15 is 0 Å². The highest BCUT2D eigenvalue weighted by Gasteiger charge is 2.27. The summed E-state index contributed by atoms with van der Waals surface area (Å²) in [6, 6.07) is 15.6. The Hall–Kier alpha value is -3.26. The minimum atomic E-state index is -0.214. The van der Waals surface area contributed by atoms with Crippen LogP contribution in [0.3, 0.4) is 0 Å². The predicted octanol–water partition coefficient (Wildman–Crippen LogP) is 3.56. The van der Waals surface area contributed by atoms with Crippen molar-refractivity contribution in [3.8, 4) is 28.7 Å². The van der Waals surface area contributed by atoms with Gasteiger partial charge in [0.25, 0.3) is 5.91 Å². The number of anilines is 1. The highest BCUT2D eigenvalue weighted by molar-refractivity contribution is 5.96. The maximum absolute atomic E-state index is 12.6. The molecule has 3 rings (SSSR count). The minimum Gasteiger partial charge on any atom is -0.497 e. The topological polar surface area (TPSA) is 58.6 Å². The smallest absolute Gasteiger partial charge is 0.298 e. The van der Waals surface area contributed by atoms with Crippen LogP contribution in [0, 0.1) is 17.8 Å². The summed E-state index contributed by atoms with van der Waals surface area (Å²) >= 11 is 0. The normalized spacial score (nSPS) is 15.9. The molecule has 1 aliphatic rings. The molecule has 1 heterocycles. The average molecular weight is 376 g/mol. The fraction of sp³-hybridized carbons (Fsp3) is 0.304. The number of hydrogen-bond acceptors (Lipinski definition) is 3. The average Bonchev–Trinajstić information content (AvgIpc) is 2.74. The Morgan fingerprint density at radius 1 is 1.14 bits per heavy atom. The summed E-state index contributed by atoms with van der Waals surface area (Å²) in [5.74, 6) is 5.50. The Bertz CT molecular complexity index is 909. The van der Waals surface area contributed by atoms with Gasteiger partial charge in [-0.05, 0) is 61.1 Å². The molecule has 2 aromatic rings. The molecule has 1 N–H and O–H groups in total. The van der Waals surface area contributed by atoms with Crippen molar-refractivity contribution in [1.29, 1.82) is 0 Å². The molecule has 1 fully saturated rings.